The second kappa shape index (κ2) is 10.4. The smallest absolute Gasteiger partial charge is 0.292 e. The molecule has 0 amide bonds. The van der Waals surface area contributed by atoms with Crippen molar-refractivity contribution < 1.29 is 26.2 Å². The second-order valence-corrected chi connectivity index (χ2v) is 24.6. The normalized spacial score (nSPS) is 28.3. The van der Waals surface area contributed by atoms with Crippen molar-refractivity contribution in [3.63, 3.8) is 0 Å². The number of nitrogens with two attached hydrogens (primary N) is 1. The van der Waals surface area contributed by atoms with Crippen LogP contribution < -0.4 is 5.73 Å². The van der Waals surface area contributed by atoms with Gasteiger partial charge in [0.05, 0.1) is 29.6 Å². The predicted octanol–water partition coefficient (Wildman–Crippen LogP) is 4.83. The Morgan fingerprint density at radius 3 is 2.21 bits per heavy atom. The van der Waals surface area contributed by atoms with E-state index in [4.69, 9.17) is 23.5 Å². The SMILES string of the molecule is CCCCc1cnnn1[C@@H]1O[C@H](CO[Si](C)(C)C(C)(C)C)C2(OS(=O)(=O)C=C2N)[C@H]1O[Si](C)(C)C(C)(C)C. The largest absolute Gasteiger partial charge is 0.414 e. The van der Waals surface area contributed by atoms with Crippen molar-refractivity contribution in [3.8, 4) is 0 Å². The van der Waals surface area contributed by atoms with Gasteiger partial charge in [0.15, 0.2) is 28.5 Å². The molecule has 1 aromatic heterocycles. The fourth-order valence-electron chi connectivity index (χ4n) is 4.20. The molecule has 2 aliphatic heterocycles. The van der Waals surface area contributed by atoms with Crippen LogP contribution in [0.5, 0.6) is 0 Å². The Morgan fingerprint density at radius 1 is 1.11 bits per heavy atom. The van der Waals surface area contributed by atoms with Crippen LogP contribution in [0, 0.1) is 0 Å². The van der Waals surface area contributed by atoms with Crippen molar-refractivity contribution in [2.75, 3.05) is 6.61 Å². The number of hydrogen-bond donors (Lipinski definition) is 1. The maximum atomic E-state index is 12.9. The van der Waals surface area contributed by atoms with Gasteiger partial charge in [0, 0.05) is 0 Å². The van der Waals surface area contributed by atoms with Gasteiger partial charge in [-0.15, -0.1) is 5.10 Å². The van der Waals surface area contributed by atoms with E-state index in [-0.39, 0.29) is 22.4 Å². The Morgan fingerprint density at radius 2 is 1.71 bits per heavy atom. The van der Waals surface area contributed by atoms with Gasteiger partial charge in [0.2, 0.25) is 0 Å². The molecule has 1 spiro atoms. The Kier molecular flexibility index (Phi) is 8.59. The van der Waals surface area contributed by atoms with E-state index in [9.17, 15) is 8.42 Å². The number of rotatable bonds is 9. The average molecular weight is 589 g/mol. The minimum Gasteiger partial charge on any atom is -0.414 e. The van der Waals surface area contributed by atoms with E-state index in [1.165, 1.54) is 0 Å². The standard InChI is InChI=1S/C25H48N4O6SSi2/c1-12-13-14-18-15-27-28-29(18)22-21(34-38(10,11)24(5,6)7)25(19(26)17-36(30,31)35-25)20(33-22)16-32-37(8,9)23(2,3)4/h15,17,20-22H,12-14,16,26H2,1-11H3/t20-,21+,22-,25?/m1/s1. The van der Waals surface area contributed by atoms with Crippen LogP contribution in [-0.4, -0.2) is 64.5 Å². The minimum absolute atomic E-state index is 0.0571. The molecule has 3 heterocycles. The fraction of sp³-hybridized carbons (Fsp3) is 0.840. The van der Waals surface area contributed by atoms with E-state index in [0.717, 1.165) is 30.4 Å². The molecular weight excluding hydrogens is 541 g/mol. The summed E-state index contributed by atoms with van der Waals surface area (Å²) in [5.41, 5.74) is 5.89. The highest BCUT2D eigenvalue weighted by Gasteiger charge is 2.67. The summed E-state index contributed by atoms with van der Waals surface area (Å²) in [4.78, 5) is 0. The van der Waals surface area contributed by atoms with Crippen LogP contribution in [0.15, 0.2) is 17.3 Å². The third kappa shape index (κ3) is 5.84. The van der Waals surface area contributed by atoms with Gasteiger partial charge in [0.25, 0.3) is 10.1 Å². The summed E-state index contributed by atoms with van der Waals surface area (Å²) in [6.07, 6.45) is 1.90. The summed E-state index contributed by atoms with van der Waals surface area (Å²) >= 11 is 0. The lowest BCUT2D eigenvalue weighted by molar-refractivity contribution is -0.0605. The highest BCUT2D eigenvalue weighted by atomic mass is 32.2. The van der Waals surface area contributed by atoms with Crippen molar-refractivity contribution >= 4 is 26.8 Å². The summed E-state index contributed by atoms with van der Waals surface area (Å²) in [6.45, 7) is 23.6. The molecule has 0 saturated carbocycles. The molecule has 1 unspecified atom stereocenters. The van der Waals surface area contributed by atoms with Gasteiger partial charge in [-0.3, -0.25) is 0 Å². The van der Waals surface area contributed by atoms with Crippen LogP contribution >= 0.6 is 0 Å². The van der Waals surface area contributed by atoms with E-state index in [1.807, 2.05) is 0 Å². The first kappa shape index (κ1) is 31.4. The number of ether oxygens (including phenoxy) is 1. The van der Waals surface area contributed by atoms with Crippen molar-refractivity contribution in [2.24, 2.45) is 5.73 Å². The second-order valence-electron chi connectivity index (χ2n) is 13.6. The van der Waals surface area contributed by atoms with E-state index in [2.05, 4.69) is 85.0 Å². The Bertz CT molecular complexity index is 1140. The molecule has 2 aliphatic rings. The van der Waals surface area contributed by atoms with Crippen LogP contribution in [0.2, 0.25) is 36.3 Å². The van der Waals surface area contributed by atoms with E-state index in [0.29, 0.717) is 0 Å². The molecule has 3 rings (SSSR count). The van der Waals surface area contributed by atoms with Gasteiger partial charge in [-0.1, -0.05) is 60.1 Å². The fourth-order valence-corrected chi connectivity index (χ4v) is 7.71. The quantitative estimate of drug-likeness (QED) is 0.319. The first-order chi connectivity index (χ1) is 17.2. The number of hydrogen-bond acceptors (Lipinski definition) is 9. The zero-order valence-corrected chi connectivity index (χ0v) is 27.8. The Hall–Kier alpha value is -1.10. The summed E-state index contributed by atoms with van der Waals surface area (Å²) in [5.74, 6) is 0. The lowest BCUT2D eigenvalue weighted by Crippen LogP contribution is -2.59. The van der Waals surface area contributed by atoms with Crippen LogP contribution in [0.4, 0.5) is 0 Å². The average Bonchev–Trinajstić information content (AvgIpc) is 3.38. The van der Waals surface area contributed by atoms with Gasteiger partial charge in [-0.25, -0.2) is 8.86 Å². The number of aromatic nitrogens is 3. The van der Waals surface area contributed by atoms with Gasteiger partial charge in [0.1, 0.15) is 12.2 Å². The highest BCUT2D eigenvalue weighted by Crippen LogP contribution is 2.52. The molecule has 0 aliphatic carbocycles. The molecule has 13 heteroatoms. The Labute approximate surface area is 231 Å². The molecule has 1 saturated heterocycles. The van der Waals surface area contributed by atoms with E-state index in [1.54, 1.807) is 10.9 Å². The van der Waals surface area contributed by atoms with Crippen LogP contribution in [0.3, 0.4) is 0 Å². The third-order valence-corrected chi connectivity index (χ3v) is 18.8. The zero-order chi connectivity index (χ0) is 28.9. The summed E-state index contributed by atoms with van der Waals surface area (Å²) in [7, 11) is -8.78. The number of aryl methyl sites for hydroxylation is 1. The molecule has 0 radical (unpaired) electrons. The van der Waals surface area contributed by atoms with Crippen LogP contribution in [-0.2, 0) is 34.3 Å². The molecule has 4 atom stereocenters. The maximum Gasteiger partial charge on any atom is 0.292 e. The predicted molar refractivity (Wildman–Crippen MR) is 153 cm³/mol. The summed E-state index contributed by atoms with van der Waals surface area (Å²) in [6, 6.07) is 0. The van der Waals surface area contributed by atoms with Crippen molar-refractivity contribution in [2.45, 2.75) is 128 Å². The van der Waals surface area contributed by atoms with Crippen LogP contribution in [0.25, 0.3) is 0 Å². The minimum atomic E-state index is -4.06. The molecular formula is C25H48N4O6SSi2. The topological polar surface area (TPSA) is 128 Å². The molecule has 2 N–H and O–H groups in total. The molecule has 0 aromatic carbocycles. The van der Waals surface area contributed by atoms with Crippen LogP contribution in [0.1, 0.15) is 73.2 Å². The third-order valence-electron chi connectivity index (χ3n) is 8.75. The molecule has 38 heavy (non-hydrogen) atoms. The molecule has 1 fully saturated rings. The van der Waals surface area contributed by atoms with E-state index < -0.39 is 50.8 Å². The molecule has 1 aromatic rings. The summed E-state index contributed by atoms with van der Waals surface area (Å²) < 4.78 is 53.5. The van der Waals surface area contributed by atoms with E-state index >= 15 is 0 Å². The van der Waals surface area contributed by atoms with Gasteiger partial charge in [-0.2, -0.15) is 8.42 Å². The van der Waals surface area contributed by atoms with Crippen molar-refractivity contribution in [1.82, 2.24) is 15.0 Å². The van der Waals surface area contributed by atoms with Crippen molar-refractivity contribution in [3.05, 3.63) is 23.0 Å². The van der Waals surface area contributed by atoms with Gasteiger partial charge >= 0.3 is 0 Å². The molecule has 218 valence electrons. The Balaban J connectivity index is 2.16. The number of nitrogens with zero attached hydrogens (tertiary/aromatic N) is 3. The lowest BCUT2D eigenvalue weighted by Gasteiger charge is -2.43. The number of unbranched alkanes of at least 4 members (excludes halogenated alkanes) is 1. The lowest BCUT2D eigenvalue weighted by atomic mass is 9.89. The van der Waals surface area contributed by atoms with Gasteiger partial charge < -0.3 is 19.3 Å². The first-order valence-electron chi connectivity index (χ1n) is 13.5. The maximum absolute atomic E-state index is 12.9. The first-order valence-corrected chi connectivity index (χ1v) is 20.8. The van der Waals surface area contributed by atoms with Gasteiger partial charge in [-0.05, 0) is 49.1 Å². The van der Waals surface area contributed by atoms with Crippen molar-refractivity contribution in [1.29, 1.82) is 0 Å². The zero-order valence-electron chi connectivity index (χ0n) is 25.0. The highest BCUT2D eigenvalue weighted by molar-refractivity contribution is 7.90. The summed E-state index contributed by atoms with van der Waals surface area (Å²) in [5, 5.41) is 9.30. The monoisotopic (exact) mass is 588 g/mol. The molecule has 10 nitrogen and oxygen atoms in total. The molecule has 0 bridgehead atoms.